The van der Waals surface area contributed by atoms with Crippen molar-refractivity contribution in [1.29, 1.82) is 0 Å². The van der Waals surface area contributed by atoms with Crippen molar-refractivity contribution in [3.05, 3.63) is 59.7 Å². The van der Waals surface area contributed by atoms with Gasteiger partial charge in [0.1, 0.15) is 5.75 Å². The third kappa shape index (κ3) is 4.32. The normalized spacial score (nSPS) is 10.4. The lowest BCUT2D eigenvalue weighted by molar-refractivity contribution is -0.254. The van der Waals surface area contributed by atoms with Gasteiger partial charge in [0.05, 0.1) is 5.97 Å². The van der Waals surface area contributed by atoms with Gasteiger partial charge >= 0.3 is 0 Å². The molecule has 120 valence electrons. The summed E-state index contributed by atoms with van der Waals surface area (Å²) in [6, 6.07) is 13.6. The van der Waals surface area contributed by atoms with Gasteiger partial charge in [0.25, 0.3) is 5.91 Å². The van der Waals surface area contributed by atoms with E-state index in [-0.39, 0.29) is 23.8 Å². The third-order valence-electron chi connectivity index (χ3n) is 3.32. The summed E-state index contributed by atoms with van der Waals surface area (Å²) < 4.78 is 5.56. The van der Waals surface area contributed by atoms with Crippen LogP contribution in [0.15, 0.2) is 48.5 Å². The number of hydrogen-bond acceptors (Lipinski definition) is 4. The zero-order valence-electron chi connectivity index (χ0n) is 13.0. The number of hydrogen-bond donors (Lipinski definition) is 1. The van der Waals surface area contributed by atoms with Crippen LogP contribution in [0.3, 0.4) is 0 Å². The fourth-order valence-electron chi connectivity index (χ4n) is 2.19. The van der Waals surface area contributed by atoms with E-state index in [0.717, 1.165) is 5.56 Å². The monoisotopic (exact) mass is 312 g/mol. The third-order valence-corrected chi connectivity index (χ3v) is 3.32. The highest BCUT2D eigenvalue weighted by Crippen LogP contribution is 2.25. The molecule has 2 aromatic carbocycles. The highest BCUT2D eigenvalue weighted by atomic mass is 16.5. The van der Waals surface area contributed by atoms with Crippen LogP contribution in [0.4, 0.5) is 5.69 Å². The van der Waals surface area contributed by atoms with E-state index in [1.54, 1.807) is 18.2 Å². The summed E-state index contributed by atoms with van der Waals surface area (Å²) in [5.41, 5.74) is 1.14. The molecule has 23 heavy (non-hydrogen) atoms. The minimum absolute atomic E-state index is 0.0663. The van der Waals surface area contributed by atoms with Crippen LogP contribution in [0.1, 0.15) is 35.7 Å². The van der Waals surface area contributed by atoms with Gasteiger partial charge in [0.2, 0.25) is 0 Å². The molecule has 0 bridgehead atoms. The molecule has 5 nitrogen and oxygen atoms in total. The van der Waals surface area contributed by atoms with Gasteiger partial charge in [0.15, 0.2) is 6.61 Å². The van der Waals surface area contributed by atoms with Crippen LogP contribution < -0.4 is 15.2 Å². The first kappa shape index (κ1) is 16.5. The van der Waals surface area contributed by atoms with Crippen molar-refractivity contribution < 1.29 is 19.4 Å². The second-order valence-electron chi connectivity index (χ2n) is 5.36. The van der Waals surface area contributed by atoms with E-state index in [1.165, 1.54) is 12.1 Å². The molecule has 0 aromatic heterocycles. The van der Waals surface area contributed by atoms with Gasteiger partial charge in [0, 0.05) is 11.3 Å². The molecular formula is C18H18NO4-. The van der Waals surface area contributed by atoms with Crippen LogP contribution in [-0.4, -0.2) is 18.5 Å². The number of para-hydroxylation sites is 2. The van der Waals surface area contributed by atoms with Crippen LogP contribution in [0, 0.1) is 0 Å². The number of carbonyl (C=O) groups excluding carboxylic acids is 2. The number of anilines is 1. The van der Waals surface area contributed by atoms with Gasteiger partial charge in [-0.1, -0.05) is 50.2 Å². The topological polar surface area (TPSA) is 78.5 Å². The molecule has 0 aliphatic rings. The van der Waals surface area contributed by atoms with Crippen LogP contribution in [0.25, 0.3) is 0 Å². The lowest BCUT2D eigenvalue weighted by atomic mass is 10.0. The van der Waals surface area contributed by atoms with E-state index in [4.69, 9.17) is 4.74 Å². The number of carboxylic acid groups (broad SMARTS) is 1. The van der Waals surface area contributed by atoms with Crippen LogP contribution in [0.5, 0.6) is 5.75 Å². The van der Waals surface area contributed by atoms with E-state index in [0.29, 0.717) is 5.75 Å². The zero-order chi connectivity index (χ0) is 16.8. The van der Waals surface area contributed by atoms with Crippen LogP contribution in [0.2, 0.25) is 0 Å². The summed E-state index contributed by atoms with van der Waals surface area (Å²) in [6.45, 7) is 3.88. The van der Waals surface area contributed by atoms with E-state index >= 15 is 0 Å². The molecule has 2 rings (SSSR count). The lowest BCUT2D eigenvalue weighted by Gasteiger charge is -2.15. The Balaban J connectivity index is 2.03. The van der Waals surface area contributed by atoms with Gasteiger partial charge in [-0.15, -0.1) is 0 Å². The fraction of sp³-hybridized carbons (Fsp3) is 0.222. The average Bonchev–Trinajstić information content (AvgIpc) is 2.53. The Labute approximate surface area is 134 Å². The average molecular weight is 312 g/mol. The zero-order valence-corrected chi connectivity index (χ0v) is 13.0. The lowest BCUT2D eigenvalue weighted by Crippen LogP contribution is -2.26. The molecule has 0 spiro atoms. The molecule has 0 unspecified atom stereocenters. The Bertz CT molecular complexity index is 710. The first-order chi connectivity index (χ1) is 11.0. The fourth-order valence-corrected chi connectivity index (χ4v) is 2.19. The minimum atomic E-state index is -1.34. The highest BCUT2D eigenvalue weighted by molar-refractivity contribution is 6.00. The Kier molecular flexibility index (Phi) is 5.36. The van der Waals surface area contributed by atoms with E-state index < -0.39 is 11.9 Å². The van der Waals surface area contributed by atoms with Crippen molar-refractivity contribution >= 4 is 17.6 Å². The summed E-state index contributed by atoms with van der Waals surface area (Å²) >= 11 is 0. The van der Waals surface area contributed by atoms with Crippen molar-refractivity contribution in [2.45, 2.75) is 19.8 Å². The molecule has 0 atom stereocenters. The molecule has 5 heteroatoms. The Morgan fingerprint density at radius 1 is 1.09 bits per heavy atom. The first-order valence-corrected chi connectivity index (χ1v) is 7.31. The molecule has 2 aromatic rings. The van der Waals surface area contributed by atoms with Gasteiger partial charge in [-0.2, -0.15) is 0 Å². The quantitative estimate of drug-likeness (QED) is 0.887. The number of aromatic carboxylic acids is 1. The van der Waals surface area contributed by atoms with Gasteiger partial charge < -0.3 is 20.0 Å². The molecule has 0 aliphatic heterocycles. The molecule has 1 amide bonds. The predicted octanol–water partition coefficient (Wildman–Crippen LogP) is 2.19. The second kappa shape index (κ2) is 7.45. The smallest absolute Gasteiger partial charge is 0.262 e. The van der Waals surface area contributed by atoms with E-state index in [1.807, 2.05) is 32.0 Å². The molecular weight excluding hydrogens is 294 g/mol. The Morgan fingerprint density at radius 3 is 2.43 bits per heavy atom. The Hall–Kier alpha value is -2.82. The molecule has 0 saturated heterocycles. The van der Waals surface area contributed by atoms with E-state index in [2.05, 4.69) is 5.32 Å². The van der Waals surface area contributed by atoms with Crippen molar-refractivity contribution in [1.82, 2.24) is 0 Å². The summed E-state index contributed by atoms with van der Waals surface area (Å²) in [5, 5.41) is 13.5. The molecule has 0 heterocycles. The molecule has 0 fully saturated rings. The predicted molar refractivity (Wildman–Crippen MR) is 85.4 cm³/mol. The minimum Gasteiger partial charge on any atom is -0.545 e. The van der Waals surface area contributed by atoms with Gasteiger partial charge in [-0.3, -0.25) is 4.79 Å². The summed E-state index contributed by atoms with van der Waals surface area (Å²) in [7, 11) is 0. The summed E-state index contributed by atoms with van der Waals surface area (Å²) in [6.07, 6.45) is 0. The maximum absolute atomic E-state index is 12.0. The molecule has 0 aliphatic carbocycles. The van der Waals surface area contributed by atoms with Crippen molar-refractivity contribution in [2.24, 2.45) is 0 Å². The van der Waals surface area contributed by atoms with Crippen molar-refractivity contribution in [3.63, 3.8) is 0 Å². The molecule has 0 saturated carbocycles. The maximum atomic E-state index is 12.0. The van der Waals surface area contributed by atoms with Gasteiger partial charge in [-0.05, 0) is 23.6 Å². The molecule has 1 N–H and O–H groups in total. The number of rotatable bonds is 6. The number of ether oxygens (including phenoxy) is 1. The first-order valence-electron chi connectivity index (χ1n) is 7.31. The van der Waals surface area contributed by atoms with Gasteiger partial charge in [-0.25, -0.2) is 0 Å². The standard InChI is InChI=1S/C18H19NO4/c1-12(2)13-7-4-6-10-16(13)23-11-17(20)19-15-9-5-3-8-14(15)18(21)22/h3-10,12H,11H2,1-2H3,(H,19,20)(H,21,22)/p-1. The summed E-state index contributed by atoms with van der Waals surface area (Å²) in [5.74, 6) is -0.858. The Morgan fingerprint density at radius 2 is 1.74 bits per heavy atom. The van der Waals surface area contributed by atoms with Crippen LogP contribution in [-0.2, 0) is 4.79 Å². The summed E-state index contributed by atoms with van der Waals surface area (Å²) in [4.78, 5) is 23.0. The molecule has 0 radical (unpaired) electrons. The maximum Gasteiger partial charge on any atom is 0.262 e. The number of nitrogens with one attached hydrogen (secondary N) is 1. The van der Waals surface area contributed by atoms with Crippen LogP contribution >= 0.6 is 0 Å². The largest absolute Gasteiger partial charge is 0.545 e. The number of carbonyl (C=O) groups is 2. The number of carboxylic acids is 1. The van der Waals surface area contributed by atoms with Crippen molar-refractivity contribution in [2.75, 3.05) is 11.9 Å². The second-order valence-corrected chi connectivity index (χ2v) is 5.36. The number of benzene rings is 2. The van der Waals surface area contributed by atoms with E-state index in [9.17, 15) is 14.7 Å². The SMILES string of the molecule is CC(C)c1ccccc1OCC(=O)Nc1ccccc1C(=O)[O-]. The van der Waals surface area contributed by atoms with Crippen molar-refractivity contribution in [3.8, 4) is 5.75 Å². The highest BCUT2D eigenvalue weighted by Gasteiger charge is 2.11. The number of amides is 1.